The Morgan fingerprint density at radius 3 is 2.63 bits per heavy atom. The Hall–Kier alpha value is -3.61. The number of rotatable bonds is 5. The number of hydrogen-bond acceptors (Lipinski definition) is 4. The van der Waals surface area contributed by atoms with Gasteiger partial charge in [-0.1, -0.05) is 48.5 Å². The van der Waals surface area contributed by atoms with Crippen molar-refractivity contribution in [1.82, 2.24) is 15.3 Å². The molecule has 0 radical (unpaired) electrons. The van der Waals surface area contributed by atoms with Gasteiger partial charge in [0.15, 0.2) is 5.69 Å². The van der Waals surface area contributed by atoms with Crippen molar-refractivity contribution in [3.05, 3.63) is 97.3 Å². The molecular formula is C23H23N3O4. The molecule has 0 fully saturated rings. The zero-order chi connectivity index (χ0) is 21.1. The minimum absolute atomic E-state index is 0.250. The molecule has 30 heavy (non-hydrogen) atoms. The number of carbonyl (C=O) groups is 1. The molecule has 3 aromatic rings. The number of nitrogens with one attached hydrogen (secondary N) is 3. The number of benzene rings is 2. The molecule has 0 saturated heterocycles. The Labute approximate surface area is 172 Å². The number of amides is 1. The van der Waals surface area contributed by atoms with Gasteiger partial charge in [-0.25, -0.2) is 4.79 Å². The van der Waals surface area contributed by atoms with E-state index in [2.05, 4.69) is 28.5 Å². The molecule has 1 aliphatic rings. The van der Waals surface area contributed by atoms with E-state index >= 15 is 0 Å². The molecular weight excluding hydrogens is 382 g/mol. The fraction of sp³-hybridized carbons (Fsp3) is 0.261. The fourth-order valence-electron chi connectivity index (χ4n) is 4.11. The summed E-state index contributed by atoms with van der Waals surface area (Å²) >= 11 is 0. The van der Waals surface area contributed by atoms with Gasteiger partial charge in [-0.3, -0.25) is 19.6 Å². The molecule has 7 nitrogen and oxygen atoms in total. The maximum atomic E-state index is 12.6. The summed E-state index contributed by atoms with van der Waals surface area (Å²) in [5.74, 6) is -1.47. The monoisotopic (exact) mass is 405 g/mol. The number of aromatic amines is 2. The van der Waals surface area contributed by atoms with Crippen molar-refractivity contribution in [3.63, 3.8) is 0 Å². The largest absolute Gasteiger partial charge is 0.501 e. The van der Waals surface area contributed by atoms with Crippen molar-refractivity contribution < 1.29 is 9.90 Å². The third kappa shape index (κ3) is 4.05. The molecule has 4 rings (SSSR count). The summed E-state index contributed by atoms with van der Waals surface area (Å²) in [6, 6.07) is 16.2. The molecule has 1 amide bonds. The smallest absolute Gasteiger partial charge is 0.326 e. The van der Waals surface area contributed by atoms with E-state index in [1.54, 1.807) is 0 Å². The lowest BCUT2D eigenvalue weighted by Gasteiger charge is -2.28. The Morgan fingerprint density at radius 2 is 1.83 bits per heavy atom. The van der Waals surface area contributed by atoms with Crippen molar-refractivity contribution >= 4 is 5.91 Å². The van der Waals surface area contributed by atoms with Gasteiger partial charge in [0.05, 0.1) is 6.04 Å². The lowest BCUT2D eigenvalue weighted by molar-refractivity contribution is 0.0923. The van der Waals surface area contributed by atoms with E-state index in [-0.39, 0.29) is 6.04 Å². The first-order chi connectivity index (χ1) is 14.5. The molecule has 0 spiro atoms. The Kier molecular flexibility index (Phi) is 5.52. The van der Waals surface area contributed by atoms with E-state index < -0.39 is 28.6 Å². The minimum atomic E-state index is -0.990. The first kappa shape index (κ1) is 19.7. The lowest BCUT2D eigenvalue weighted by atomic mass is 9.83. The number of fused-ring (bicyclic) bond motifs is 1. The number of aromatic hydroxyl groups is 1. The van der Waals surface area contributed by atoms with Crippen LogP contribution in [0.4, 0.5) is 0 Å². The van der Waals surface area contributed by atoms with Crippen LogP contribution in [0.2, 0.25) is 0 Å². The predicted octanol–water partition coefficient (Wildman–Crippen LogP) is 2.36. The van der Waals surface area contributed by atoms with Gasteiger partial charge in [-0.2, -0.15) is 0 Å². The second-order valence-electron chi connectivity index (χ2n) is 7.52. The molecule has 1 aliphatic carbocycles. The molecule has 1 atom stereocenters. The van der Waals surface area contributed by atoms with Gasteiger partial charge in [-0.05, 0) is 54.4 Å². The molecule has 1 aromatic heterocycles. The average Bonchev–Trinajstić information content (AvgIpc) is 2.75. The number of carbonyl (C=O) groups excluding carboxylic acids is 1. The third-order valence-corrected chi connectivity index (χ3v) is 5.58. The molecule has 0 saturated carbocycles. The van der Waals surface area contributed by atoms with E-state index in [0.29, 0.717) is 0 Å². The van der Waals surface area contributed by atoms with Crippen molar-refractivity contribution in [3.8, 4) is 5.75 Å². The number of aromatic nitrogens is 2. The zero-order valence-electron chi connectivity index (χ0n) is 16.4. The summed E-state index contributed by atoms with van der Waals surface area (Å²) in [4.78, 5) is 39.8. The van der Waals surface area contributed by atoms with E-state index in [9.17, 15) is 19.5 Å². The first-order valence-electron chi connectivity index (χ1n) is 10.0. The lowest BCUT2D eigenvalue weighted by Crippen LogP contribution is -2.35. The molecule has 0 aliphatic heterocycles. The van der Waals surface area contributed by atoms with Crippen LogP contribution in [0, 0.1) is 0 Å². The Morgan fingerprint density at radius 1 is 1.03 bits per heavy atom. The summed E-state index contributed by atoms with van der Waals surface area (Å²) in [6.07, 6.45) is 4.46. The van der Waals surface area contributed by atoms with Crippen LogP contribution in [-0.4, -0.2) is 21.0 Å². The van der Waals surface area contributed by atoms with Gasteiger partial charge in [0.1, 0.15) is 0 Å². The Balaban J connectivity index is 1.56. The molecule has 0 bridgehead atoms. The second kappa shape index (κ2) is 8.41. The van der Waals surface area contributed by atoms with Crippen molar-refractivity contribution in [2.75, 3.05) is 0 Å². The van der Waals surface area contributed by atoms with Crippen molar-refractivity contribution in [2.24, 2.45) is 0 Å². The van der Waals surface area contributed by atoms with Crippen LogP contribution in [0.15, 0.2) is 58.1 Å². The van der Waals surface area contributed by atoms with Crippen LogP contribution in [0.5, 0.6) is 5.75 Å². The van der Waals surface area contributed by atoms with Gasteiger partial charge in [0.25, 0.3) is 11.5 Å². The highest BCUT2D eigenvalue weighted by molar-refractivity contribution is 5.94. The highest BCUT2D eigenvalue weighted by Crippen LogP contribution is 2.32. The summed E-state index contributed by atoms with van der Waals surface area (Å²) in [6.45, 7) is 0. The summed E-state index contributed by atoms with van der Waals surface area (Å²) in [5, 5.41) is 12.7. The molecule has 2 aromatic carbocycles. The SMILES string of the molecule is O=C(NC1CCCc2c(CCc3ccccc3)cccc21)c1[nH]c(=O)[nH]c(=O)c1O. The first-order valence-corrected chi connectivity index (χ1v) is 10.0. The summed E-state index contributed by atoms with van der Waals surface area (Å²) in [7, 11) is 0. The van der Waals surface area contributed by atoms with E-state index in [1.807, 2.05) is 35.3 Å². The van der Waals surface area contributed by atoms with Gasteiger partial charge in [-0.15, -0.1) is 0 Å². The normalized spacial score (nSPS) is 15.4. The van der Waals surface area contributed by atoms with Crippen molar-refractivity contribution in [1.29, 1.82) is 0 Å². The molecule has 7 heteroatoms. The quantitative estimate of drug-likeness (QED) is 0.522. The number of aryl methyl sites for hydroxylation is 2. The highest BCUT2D eigenvalue weighted by atomic mass is 16.3. The van der Waals surface area contributed by atoms with Crippen molar-refractivity contribution in [2.45, 2.75) is 38.1 Å². The fourth-order valence-corrected chi connectivity index (χ4v) is 4.11. The average molecular weight is 405 g/mol. The van der Waals surface area contributed by atoms with E-state index in [4.69, 9.17) is 0 Å². The second-order valence-corrected chi connectivity index (χ2v) is 7.52. The van der Waals surface area contributed by atoms with E-state index in [1.165, 1.54) is 16.7 Å². The third-order valence-electron chi connectivity index (χ3n) is 5.58. The van der Waals surface area contributed by atoms with Crippen LogP contribution >= 0.6 is 0 Å². The van der Waals surface area contributed by atoms with Crippen LogP contribution in [0.25, 0.3) is 0 Å². The summed E-state index contributed by atoms with van der Waals surface area (Å²) < 4.78 is 0. The zero-order valence-corrected chi connectivity index (χ0v) is 16.4. The summed E-state index contributed by atoms with van der Waals surface area (Å²) in [5.41, 5.74) is 2.59. The standard InChI is InChI=1S/C23H23N3O4/c27-20-19(25-23(30)26-22(20)29)21(28)24-18-11-5-9-16-15(8-4-10-17(16)18)13-12-14-6-2-1-3-7-14/h1-4,6-8,10,18,27H,5,9,11-13H2,(H,24,28)(H2,25,26,29,30). The minimum Gasteiger partial charge on any atom is -0.501 e. The van der Waals surface area contributed by atoms with Crippen LogP contribution in [0.3, 0.4) is 0 Å². The number of H-pyrrole nitrogens is 2. The molecule has 4 N–H and O–H groups in total. The maximum Gasteiger partial charge on any atom is 0.326 e. The number of hydrogen-bond donors (Lipinski definition) is 4. The molecule has 154 valence electrons. The van der Waals surface area contributed by atoms with Crippen LogP contribution < -0.4 is 16.6 Å². The van der Waals surface area contributed by atoms with Crippen LogP contribution in [-0.2, 0) is 19.3 Å². The predicted molar refractivity (Wildman–Crippen MR) is 113 cm³/mol. The molecule has 1 unspecified atom stereocenters. The van der Waals surface area contributed by atoms with Gasteiger partial charge in [0.2, 0.25) is 5.75 Å². The van der Waals surface area contributed by atoms with Gasteiger partial charge in [0, 0.05) is 0 Å². The Bertz CT molecular complexity index is 1180. The van der Waals surface area contributed by atoms with Crippen LogP contribution in [0.1, 0.15) is 51.6 Å². The maximum absolute atomic E-state index is 12.6. The molecule has 1 heterocycles. The topological polar surface area (TPSA) is 115 Å². The van der Waals surface area contributed by atoms with E-state index in [0.717, 1.165) is 37.7 Å². The van der Waals surface area contributed by atoms with Gasteiger partial charge >= 0.3 is 5.69 Å². The van der Waals surface area contributed by atoms with Gasteiger partial charge < -0.3 is 10.4 Å². The highest BCUT2D eigenvalue weighted by Gasteiger charge is 2.25.